The quantitative estimate of drug-likeness (QED) is 0.712. The van der Waals surface area contributed by atoms with Gasteiger partial charge in [-0.2, -0.15) is 0 Å². The highest BCUT2D eigenvalue weighted by molar-refractivity contribution is 4.99. The minimum Gasteiger partial charge on any atom is -0.328 e. The van der Waals surface area contributed by atoms with Crippen LogP contribution in [0.25, 0.3) is 0 Å². The van der Waals surface area contributed by atoms with E-state index < -0.39 is 0 Å². The van der Waals surface area contributed by atoms with Crippen LogP contribution in [0, 0.1) is 0 Å². The summed E-state index contributed by atoms with van der Waals surface area (Å²) in [4.78, 5) is 0. The third-order valence-corrected chi connectivity index (χ3v) is 1.96. The number of hydrogen-bond donors (Lipinski definition) is 1. The molecule has 1 nitrogen and oxygen atoms in total. The Bertz CT molecular complexity index is 242. The van der Waals surface area contributed by atoms with E-state index >= 15 is 0 Å². The molecule has 1 heteroatoms. The SMILES string of the molecule is NC1CC1.c1ccccc1.c1ccccc1. The van der Waals surface area contributed by atoms with Crippen molar-refractivity contribution in [2.45, 2.75) is 18.9 Å². The Morgan fingerprint density at radius 1 is 0.500 bits per heavy atom. The second-order valence-corrected chi connectivity index (χ2v) is 3.65. The van der Waals surface area contributed by atoms with Gasteiger partial charge in [-0.25, -0.2) is 0 Å². The lowest BCUT2D eigenvalue weighted by atomic mass is 10.4. The van der Waals surface area contributed by atoms with E-state index in [1.165, 1.54) is 12.8 Å². The Kier molecular flexibility index (Phi) is 6.77. The van der Waals surface area contributed by atoms with Gasteiger partial charge in [-0.15, -0.1) is 0 Å². The summed E-state index contributed by atoms with van der Waals surface area (Å²) >= 11 is 0. The fraction of sp³-hybridized carbons (Fsp3) is 0.200. The van der Waals surface area contributed by atoms with Crippen molar-refractivity contribution >= 4 is 0 Å². The zero-order valence-electron chi connectivity index (χ0n) is 9.50. The molecule has 0 unspecified atom stereocenters. The molecule has 2 aromatic rings. The van der Waals surface area contributed by atoms with Gasteiger partial charge in [-0.1, -0.05) is 72.8 Å². The third kappa shape index (κ3) is 8.97. The lowest BCUT2D eigenvalue weighted by Gasteiger charge is -1.69. The molecule has 0 atom stereocenters. The van der Waals surface area contributed by atoms with Gasteiger partial charge < -0.3 is 5.73 Å². The molecule has 84 valence electrons. The highest BCUT2D eigenvalue weighted by atomic mass is 14.7. The Balaban J connectivity index is 0.000000123. The average Bonchev–Trinajstić information content (AvgIpc) is 3.18. The molecule has 0 saturated heterocycles. The first-order chi connectivity index (χ1) is 7.89. The molecule has 3 rings (SSSR count). The van der Waals surface area contributed by atoms with E-state index in [1.807, 2.05) is 72.8 Å². The molecule has 2 aromatic carbocycles. The molecule has 16 heavy (non-hydrogen) atoms. The van der Waals surface area contributed by atoms with Crippen molar-refractivity contribution in [2.24, 2.45) is 5.73 Å². The number of hydrogen-bond acceptors (Lipinski definition) is 1. The number of nitrogens with two attached hydrogens (primary N) is 1. The molecule has 1 aliphatic rings. The van der Waals surface area contributed by atoms with Crippen LogP contribution in [0.15, 0.2) is 72.8 Å². The van der Waals surface area contributed by atoms with Gasteiger partial charge >= 0.3 is 0 Å². The van der Waals surface area contributed by atoms with Gasteiger partial charge in [-0.3, -0.25) is 0 Å². The normalized spacial score (nSPS) is 12.6. The standard InChI is InChI=1S/2C6H6.C3H7N/c2*1-2-4-6-5-3-1;4-3-1-2-3/h2*1-6H;3H,1-2,4H2. The van der Waals surface area contributed by atoms with Crippen molar-refractivity contribution in [3.63, 3.8) is 0 Å². The summed E-state index contributed by atoms with van der Waals surface area (Å²) < 4.78 is 0. The van der Waals surface area contributed by atoms with Crippen LogP contribution in [0.3, 0.4) is 0 Å². The Morgan fingerprint density at radius 2 is 0.625 bits per heavy atom. The lowest BCUT2D eigenvalue weighted by Crippen LogP contribution is -1.94. The fourth-order valence-corrected chi connectivity index (χ4v) is 0.866. The van der Waals surface area contributed by atoms with Crippen LogP contribution in [-0.4, -0.2) is 6.04 Å². The molecule has 0 spiro atoms. The van der Waals surface area contributed by atoms with Gasteiger partial charge in [0, 0.05) is 6.04 Å². The first-order valence-corrected chi connectivity index (χ1v) is 5.65. The van der Waals surface area contributed by atoms with Crippen LogP contribution < -0.4 is 5.73 Å². The molecule has 0 heterocycles. The van der Waals surface area contributed by atoms with E-state index in [0.29, 0.717) is 6.04 Å². The summed E-state index contributed by atoms with van der Waals surface area (Å²) in [6.45, 7) is 0. The second-order valence-electron chi connectivity index (χ2n) is 3.65. The van der Waals surface area contributed by atoms with Crippen LogP contribution in [0.4, 0.5) is 0 Å². The summed E-state index contributed by atoms with van der Waals surface area (Å²) in [7, 11) is 0. The largest absolute Gasteiger partial charge is 0.328 e. The molecule has 0 aliphatic heterocycles. The van der Waals surface area contributed by atoms with Crippen molar-refractivity contribution in [3.05, 3.63) is 72.8 Å². The number of benzene rings is 2. The minimum absolute atomic E-state index is 0.583. The summed E-state index contributed by atoms with van der Waals surface area (Å²) in [5, 5.41) is 0. The number of rotatable bonds is 0. The summed E-state index contributed by atoms with van der Waals surface area (Å²) in [6.07, 6.45) is 2.53. The van der Waals surface area contributed by atoms with Crippen LogP contribution in [0.1, 0.15) is 12.8 Å². The monoisotopic (exact) mass is 213 g/mol. The second kappa shape index (κ2) is 8.69. The summed E-state index contributed by atoms with van der Waals surface area (Å²) in [6, 6.07) is 24.6. The molecule has 1 fully saturated rings. The maximum atomic E-state index is 5.22. The predicted octanol–water partition coefficient (Wildman–Crippen LogP) is 3.48. The fourth-order valence-electron chi connectivity index (χ4n) is 0.866. The zero-order chi connectivity index (χ0) is 11.5. The van der Waals surface area contributed by atoms with Crippen molar-refractivity contribution in [2.75, 3.05) is 0 Å². The highest BCUT2D eigenvalue weighted by Gasteiger charge is 2.13. The van der Waals surface area contributed by atoms with Crippen LogP contribution in [-0.2, 0) is 0 Å². The predicted molar refractivity (Wildman–Crippen MR) is 70.1 cm³/mol. The van der Waals surface area contributed by atoms with E-state index in [0.717, 1.165) is 0 Å². The smallest absolute Gasteiger partial charge is 0.00399 e. The average molecular weight is 213 g/mol. The van der Waals surface area contributed by atoms with E-state index in [2.05, 4.69) is 0 Å². The Morgan fingerprint density at radius 3 is 0.688 bits per heavy atom. The van der Waals surface area contributed by atoms with Gasteiger partial charge in [0.05, 0.1) is 0 Å². The van der Waals surface area contributed by atoms with E-state index in [9.17, 15) is 0 Å². The topological polar surface area (TPSA) is 26.0 Å². The van der Waals surface area contributed by atoms with Crippen LogP contribution in [0.5, 0.6) is 0 Å². The molecule has 0 radical (unpaired) electrons. The molecule has 1 aliphatic carbocycles. The molecular formula is C15H19N. The first kappa shape index (κ1) is 12.5. The third-order valence-electron chi connectivity index (χ3n) is 1.96. The lowest BCUT2D eigenvalue weighted by molar-refractivity contribution is 1.07. The molecule has 2 N–H and O–H groups in total. The molecule has 1 saturated carbocycles. The molecule has 0 amide bonds. The van der Waals surface area contributed by atoms with Gasteiger partial charge in [-0.05, 0) is 12.8 Å². The molecule has 0 aromatic heterocycles. The first-order valence-electron chi connectivity index (χ1n) is 5.65. The van der Waals surface area contributed by atoms with Crippen molar-refractivity contribution in [1.82, 2.24) is 0 Å². The highest BCUT2D eigenvalue weighted by Crippen LogP contribution is 2.13. The molecule has 0 bridgehead atoms. The summed E-state index contributed by atoms with van der Waals surface area (Å²) in [5.41, 5.74) is 5.22. The van der Waals surface area contributed by atoms with E-state index in [1.54, 1.807) is 0 Å². The zero-order valence-corrected chi connectivity index (χ0v) is 9.50. The van der Waals surface area contributed by atoms with Crippen molar-refractivity contribution < 1.29 is 0 Å². The summed E-state index contributed by atoms with van der Waals surface area (Å²) in [5.74, 6) is 0. The van der Waals surface area contributed by atoms with Gasteiger partial charge in [0.25, 0.3) is 0 Å². The molecular weight excluding hydrogens is 194 g/mol. The maximum absolute atomic E-state index is 5.22. The Hall–Kier alpha value is -1.60. The van der Waals surface area contributed by atoms with Gasteiger partial charge in [0.2, 0.25) is 0 Å². The van der Waals surface area contributed by atoms with Crippen molar-refractivity contribution in [3.8, 4) is 0 Å². The van der Waals surface area contributed by atoms with Gasteiger partial charge in [0.15, 0.2) is 0 Å². The van der Waals surface area contributed by atoms with Crippen LogP contribution in [0.2, 0.25) is 0 Å². The maximum Gasteiger partial charge on any atom is 0.00399 e. The van der Waals surface area contributed by atoms with Crippen molar-refractivity contribution in [1.29, 1.82) is 0 Å². The minimum atomic E-state index is 0.583. The Labute approximate surface area is 97.9 Å². The van der Waals surface area contributed by atoms with Gasteiger partial charge in [0.1, 0.15) is 0 Å². The van der Waals surface area contributed by atoms with E-state index in [4.69, 9.17) is 5.73 Å². The van der Waals surface area contributed by atoms with Crippen LogP contribution >= 0.6 is 0 Å². The van der Waals surface area contributed by atoms with E-state index in [-0.39, 0.29) is 0 Å².